The number of anilines is 3. The Bertz CT molecular complexity index is 841. The Morgan fingerprint density at radius 1 is 1.38 bits per heavy atom. The summed E-state index contributed by atoms with van der Waals surface area (Å²) in [5, 5.41) is 5.88. The molecular weight excluding hydrogens is 336 g/mol. The van der Waals surface area contributed by atoms with E-state index in [2.05, 4.69) is 20.6 Å². The van der Waals surface area contributed by atoms with Crippen LogP contribution in [0.5, 0.6) is 5.75 Å². The molecule has 26 heavy (non-hydrogen) atoms. The molecule has 2 unspecified atom stereocenters. The smallest absolute Gasteiger partial charge is 0.254 e. The second-order valence-electron chi connectivity index (χ2n) is 6.00. The van der Waals surface area contributed by atoms with Crippen LogP contribution in [0.3, 0.4) is 0 Å². The van der Waals surface area contributed by atoms with Crippen molar-refractivity contribution in [1.29, 1.82) is 0 Å². The minimum Gasteiger partial charge on any atom is -0.497 e. The number of hydrogen-bond donors (Lipinski definition) is 4. The maximum Gasteiger partial charge on any atom is 0.254 e. The molecular formula is C17H20N6O3. The van der Waals surface area contributed by atoms with Crippen molar-refractivity contribution < 1.29 is 14.3 Å². The summed E-state index contributed by atoms with van der Waals surface area (Å²) in [6.45, 7) is 0.0763. The first-order valence-corrected chi connectivity index (χ1v) is 8.08. The molecule has 2 aromatic rings. The van der Waals surface area contributed by atoms with E-state index in [4.69, 9.17) is 16.2 Å². The molecule has 0 spiro atoms. The molecule has 9 nitrogen and oxygen atoms in total. The van der Waals surface area contributed by atoms with E-state index in [0.29, 0.717) is 17.9 Å². The van der Waals surface area contributed by atoms with E-state index in [1.54, 1.807) is 31.4 Å². The molecule has 6 N–H and O–H groups in total. The van der Waals surface area contributed by atoms with Gasteiger partial charge in [0.1, 0.15) is 17.1 Å². The third-order valence-electron chi connectivity index (χ3n) is 4.06. The van der Waals surface area contributed by atoms with Gasteiger partial charge in [0.05, 0.1) is 13.7 Å². The summed E-state index contributed by atoms with van der Waals surface area (Å²) in [7, 11) is 1.56. The third kappa shape index (κ3) is 4.06. The number of nitrogens with zero attached hydrogens (tertiary/aromatic N) is 2. The van der Waals surface area contributed by atoms with Gasteiger partial charge in [0.15, 0.2) is 5.78 Å². The van der Waals surface area contributed by atoms with Gasteiger partial charge in [-0.3, -0.25) is 9.59 Å². The maximum atomic E-state index is 11.9. The normalized spacial score (nSPS) is 18.1. The van der Waals surface area contributed by atoms with Crippen LogP contribution >= 0.6 is 0 Å². The Kier molecular flexibility index (Phi) is 4.99. The lowest BCUT2D eigenvalue weighted by Gasteiger charge is -2.12. The maximum absolute atomic E-state index is 11.9. The number of nitrogens with one attached hydrogen (secondary N) is 2. The molecule has 1 aromatic carbocycles. The summed E-state index contributed by atoms with van der Waals surface area (Å²) >= 11 is 0. The van der Waals surface area contributed by atoms with Gasteiger partial charge in [-0.15, -0.1) is 0 Å². The molecule has 9 heteroatoms. The van der Waals surface area contributed by atoms with E-state index in [1.807, 2.05) is 0 Å². The standard InChI is InChI=1S/C17H20N6O3/c1-26-10-4-2-3-9(5-10)22-16-12(15(19)25)7-20-17(23-16)21-8-14(24)11-6-13(11)18/h2-5,7,11,13H,6,8,18H2,1H3,(H2,19,25)(H2,20,21,22,23). The number of primary amides is 1. The Labute approximate surface area is 150 Å². The van der Waals surface area contributed by atoms with E-state index < -0.39 is 5.91 Å². The molecule has 1 aliphatic rings. The fourth-order valence-corrected chi connectivity index (χ4v) is 2.46. The number of nitrogens with two attached hydrogens (primary N) is 2. The number of benzene rings is 1. The van der Waals surface area contributed by atoms with Gasteiger partial charge in [-0.05, 0) is 18.6 Å². The molecule has 1 heterocycles. The average molecular weight is 356 g/mol. The van der Waals surface area contributed by atoms with Crippen LogP contribution in [0.4, 0.5) is 17.5 Å². The van der Waals surface area contributed by atoms with Gasteiger partial charge in [-0.25, -0.2) is 4.98 Å². The second-order valence-corrected chi connectivity index (χ2v) is 6.00. The topological polar surface area (TPSA) is 145 Å². The van der Waals surface area contributed by atoms with Gasteiger partial charge in [0, 0.05) is 29.9 Å². The highest BCUT2D eigenvalue weighted by atomic mass is 16.5. The van der Waals surface area contributed by atoms with E-state index in [0.717, 1.165) is 0 Å². The highest BCUT2D eigenvalue weighted by Gasteiger charge is 2.39. The Morgan fingerprint density at radius 3 is 2.81 bits per heavy atom. The molecule has 0 aliphatic heterocycles. The first-order chi connectivity index (χ1) is 12.5. The first-order valence-electron chi connectivity index (χ1n) is 8.08. The summed E-state index contributed by atoms with van der Waals surface area (Å²) < 4.78 is 5.17. The molecule has 1 amide bonds. The van der Waals surface area contributed by atoms with Crippen molar-refractivity contribution in [2.45, 2.75) is 12.5 Å². The quantitative estimate of drug-likeness (QED) is 0.539. The molecule has 1 fully saturated rings. The number of carbonyl (C=O) groups is 2. The van der Waals surface area contributed by atoms with Gasteiger partial charge in [-0.2, -0.15) is 4.98 Å². The highest BCUT2D eigenvalue weighted by molar-refractivity contribution is 5.98. The number of Topliss-reactive ketones (excluding diaryl/α,β-unsaturated/α-hetero) is 1. The van der Waals surface area contributed by atoms with Crippen molar-refractivity contribution in [3.8, 4) is 5.75 Å². The summed E-state index contributed by atoms with van der Waals surface area (Å²) in [4.78, 5) is 31.8. The summed E-state index contributed by atoms with van der Waals surface area (Å²) in [6, 6.07) is 7.08. The third-order valence-corrected chi connectivity index (χ3v) is 4.06. The van der Waals surface area contributed by atoms with Crippen LogP contribution in [0, 0.1) is 5.92 Å². The number of rotatable bonds is 8. The molecule has 3 rings (SSSR count). The molecule has 1 aromatic heterocycles. The van der Waals surface area contributed by atoms with E-state index in [-0.39, 0.29) is 41.6 Å². The number of aromatic nitrogens is 2. The van der Waals surface area contributed by atoms with E-state index in [9.17, 15) is 9.59 Å². The fourth-order valence-electron chi connectivity index (χ4n) is 2.46. The predicted molar refractivity (Wildman–Crippen MR) is 96.4 cm³/mol. The van der Waals surface area contributed by atoms with Crippen LogP contribution in [-0.2, 0) is 4.79 Å². The molecule has 136 valence electrons. The van der Waals surface area contributed by atoms with Crippen LogP contribution in [-0.4, -0.2) is 41.4 Å². The summed E-state index contributed by atoms with van der Waals surface area (Å²) in [6.07, 6.45) is 2.03. The van der Waals surface area contributed by atoms with Crippen molar-refractivity contribution in [2.24, 2.45) is 17.4 Å². The number of ether oxygens (including phenoxy) is 1. The predicted octanol–water partition coefficient (Wildman–Crippen LogP) is 0.656. The first kappa shape index (κ1) is 17.6. The number of carbonyl (C=O) groups excluding carboxylic acids is 2. The van der Waals surface area contributed by atoms with Gasteiger partial charge in [0.25, 0.3) is 5.91 Å². The fraction of sp³-hybridized carbons (Fsp3) is 0.294. The molecule has 1 aliphatic carbocycles. The van der Waals surface area contributed by atoms with Gasteiger partial charge in [-0.1, -0.05) is 6.07 Å². The number of methoxy groups -OCH3 is 1. The zero-order valence-electron chi connectivity index (χ0n) is 14.2. The van der Waals surface area contributed by atoms with Crippen LogP contribution in [0.25, 0.3) is 0 Å². The van der Waals surface area contributed by atoms with Gasteiger partial charge in [0.2, 0.25) is 5.95 Å². The Hall–Kier alpha value is -3.20. The molecule has 0 radical (unpaired) electrons. The van der Waals surface area contributed by atoms with Crippen LogP contribution in [0.1, 0.15) is 16.8 Å². The molecule has 0 bridgehead atoms. The van der Waals surface area contributed by atoms with Gasteiger partial charge < -0.3 is 26.8 Å². The van der Waals surface area contributed by atoms with Crippen LogP contribution < -0.4 is 26.8 Å². The van der Waals surface area contributed by atoms with Crippen LogP contribution in [0.2, 0.25) is 0 Å². The lowest BCUT2D eigenvalue weighted by molar-refractivity contribution is -0.118. The zero-order valence-corrected chi connectivity index (χ0v) is 14.2. The molecule has 0 saturated heterocycles. The van der Waals surface area contributed by atoms with Crippen molar-refractivity contribution in [1.82, 2.24) is 9.97 Å². The Morgan fingerprint density at radius 2 is 2.15 bits per heavy atom. The zero-order chi connectivity index (χ0) is 18.7. The highest BCUT2D eigenvalue weighted by Crippen LogP contribution is 2.28. The van der Waals surface area contributed by atoms with Crippen molar-refractivity contribution in [3.05, 3.63) is 36.0 Å². The average Bonchev–Trinajstić information content (AvgIpc) is 3.36. The van der Waals surface area contributed by atoms with Crippen LogP contribution in [0.15, 0.2) is 30.5 Å². The number of ketones is 1. The molecule has 1 saturated carbocycles. The lowest BCUT2D eigenvalue weighted by atomic mass is 10.2. The molecule has 2 atom stereocenters. The van der Waals surface area contributed by atoms with Crippen molar-refractivity contribution in [3.63, 3.8) is 0 Å². The lowest BCUT2D eigenvalue weighted by Crippen LogP contribution is -2.21. The van der Waals surface area contributed by atoms with Crippen molar-refractivity contribution in [2.75, 3.05) is 24.3 Å². The summed E-state index contributed by atoms with van der Waals surface area (Å²) in [5.74, 6) is 0.349. The number of hydrogen-bond acceptors (Lipinski definition) is 8. The Balaban J connectivity index is 1.77. The van der Waals surface area contributed by atoms with Gasteiger partial charge >= 0.3 is 0 Å². The summed E-state index contributed by atoms with van der Waals surface area (Å²) in [5.41, 5.74) is 11.9. The number of amides is 1. The van der Waals surface area contributed by atoms with E-state index in [1.165, 1.54) is 6.20 Å². The van der Waals surface area contributed by atoms with E-state index >= 15 is 0 Å². The minimum absolute atomic E-state index is 0.0161. The largest absolute Gasteiger partial charge is 0.497 e. The minimum atomic E-state index is -0.665. The monoisotopic (exact) mass is 356 g/mol. The van der Waals surface area contributed by atoms with Crippen molar-refractivity contribution >= 4 is 29.1 Å². The second kappa shape index (κ2) is 7.36. The SMILES string of the molecule is COc1cccc(Nc2nc(NCC(=O)C3CC3N)ncc2C(N)=O)c1.